The van der Waals surface area contributed by atoms with Crippen LogP contribution in [0.2, 0.25) is 0 Å². The minimum Gasteiger partial charge on any atom is -0.464 e. The van der Waals surface area contributed by atoms with Crippen LogP contribution in [-0.2, 0) is 23.9 Å². The van der Waals surface area contributed by atoms with E-state index in [1.807, 2.05) is 6.92 Å². The van der Waals surface area contributed by atoms with E-state index >= 15 is 0 Å². The summed E-state index contributed by atoms with van der Waals surface area (Å²) in [5, 5.41) is 0. The summed E-state index contributed by atoms with van der Waals surface area (Å²) in [4.78, 5) is 53.0. The molecular weight excluding hydrogens is 366 g/mol. The van der Waals surface area contributed by atoms with Crippen molar-refractivity contribution in [3.05, 3.63) is 0 Å². The van der Waals surface area contributed by atoms with E-state index in [0.717, 1.165) is 4.90 Å². The highest BCUT2D eigenvalue weighted by Gasteiger charge is 2.44. The second-order valence-corrected chi connectivity index (χ2v) is 7.69. The topological polar surface area (TPSA) is 119 Å². The zero-order valence-electron chi connectivity index (χ0n) is 17.5. The van der Waals surface area contributed by atoms with E-state index < -0.39 is 35.7 Å². The summed E-state index contributed by atoms with van der Waals surface area (Å²) in [7, 11) is 0. The number of rotatable bonds is 7. The Labute approximate surface area is 166 Å². The van der Waals surface area contributed by atoms with Gasteiger partial charge in [-0.3, -0.25) is 9.59 Å². The number of nitrogens with two attached hydrogens (primary N) is 1. The Morgan fingerprint density at radius 2 is 1.86 bits per heavy atom. The van der Waals surface area contributed by atoms with Crippen molar-refractivity contribution >= 4 is 23.9 Å². The third-order valence-corrected chi connectivity index (χ3v) is 4.29. The zero-order chi connectivity index (χ0) is 21.5. The first-order valence-corrected chi connectivity index (χ1v) is 9.79. The summed E-state index contributed by atoms with van der Waals surface area (Å²) < 4.78 is 10.5. The molecule has 0 aromatic carbocycles. The molecule has 1 unspecified atom stereocenters. The Morgan fingerprint density at radius 1 is 1.21 bits per heavy atom. The predicted octanol–water partition coefficient (Wildman–Crippen LogP) is 1.43. The van der Waals surface area contributed by atoms with E-state index in [9.17, 15) is 19.2 Å². The van der Waals surface area contributed by atoms with Crippen LogP contribution in [0.4, 0.5) is 4.79 Å². The van der Waals surface area contributed by atoms with E-state index in [1.165, 1.54) is 4.90 Å². The van der Waals surface area contributed by atoms with Gasteiger partial charge in [0.1, 0.15) is 17.7 Å². The Balaban J connectivity index is 3.27. The highest BCUT2D eigenvalue weighted by atomic mass is 16.6. The van der Waals surface area contributed by atoms with Crippen molar-refractivity contribution in [3.63, 3.8) is 0 Å². The molecule has 0 aromatic rings. The lowest BCUT2D eigenvalue weighted by atomic mass is 10.1. The number of likely N-dealkylation sites (tertiary alicyclic amines) is 1. The predicted molar refractivity (Wildman–Crippen MR) is 102 cm³/mol. The van der Waals surface area contributed by atoms with Crippen molar-refractivity contribution in [2.75, 3.05) is 19.7 Å². The number of carbonyl (C=O) groups excluding carboxylic acids is 4. The highest BCUT2D eigenvalue weighted by molar-refractivity contribution is 6.01. The van der Waals surface area contributed by atoms with Gasteiger partial charge < -0.3 is 20.1 Å². The van der Waals surface area contributed by atoms with E-state index in [4.69, 9.17) is 15.2 Å². The first-order chi connectivity index (χ1) is 13.1. The molecule has 2 N–H and O–H groups in total. The number of ether oxygens (including phenoxy) is 2. The fourth-order valence-electron chi connectivity index (χ4n) is 3.15. The minimum atomic E-state index is -1.11. The van der Waals surface area contributed by atoms with Gasteiger partial charge in [0.2, 0.25) is 5.91 Å². The van der Waals surface area contributed by atoms with Crippen LogP contribution in [0.1, 0.15) is 60.3 Å². The van der Waals surface area contributed by atoms with Crippen LogP contribution in [0.25, 0.3) is 0 Å². The standard InChI is InChI=1S/C19H33N3O6/c1-6-9-14(17(25)27-7-2)22(18(26)28-19(3,4)5)16(24)13-10-8-11-21(13)15(23)12-20/h13-14H,6-12,20H2,1-5H3/t13-,14?/m0/s1. The molecule has 1 saturated heterocycles. The molecule has 0 radical (unpaired) electrons. The molecule has 28 heavy (non-hydrogen) atoms. The lowest BCUT2D eigenvalue weighted by Crippen LogP contribution is -2.57. The Kier molecular flexibility index (Phi) is 8.87. The quantitative estimate of drug-likeness (QED) is 0.643. The minimum absolute atomic E-state index is 0.122. The number of amides is 3. The molecule has 0 aliphatic carbocycles. The molecule has 3 amide bonds. The number of imide groups is 1. The molecule has 1 heterocycles. The van der Waals surface area contributed by atoms with Crippen LogP contribution in [0.15, 0.2) is 0 Å². The van der Waals surface area contributed by atoms with E-state index in [-0.39, 0.29) is 25.5 Å². The fraction of sp³-hybridized carbons (Fsp3) is 0.789. The molecule has 9 heteroatoms. The van der Waals surface area contributed by atoms with Crippen LogP contribution in [-0.4, -0.2) is 71.1 Å². The number of esters is 1. The van der Waals surface area contributed by atoms with Gasteiger partial charge in [-0.1, -0.05) is 13.3 Å². The van der Waals surface area contributed by atoms with Gasteiger partial charge in [-0.25, -0.2) is 14.5 Å². The molecule has 1 fully saturated rings. The maximum atomic E-state index is 13.3. The van der Waals surface area contributed by atoms with Crippen molar-refractivity contribution in [2.24, 2.45) is 5.73 Å². The SMILES string of the molecule is CCCC(C(=O)OCC)N(C(=O)OC(C)(C)C)C(=O)[C@@H]1CCCN1C(=O)CN. The molecule has 160 valence electrons. The van der Waals surface area contributed by atoms with Gasteiger partial charge in [-0.15, -0.1) is 0 Å². The highest BCUT2D eigenvalue weighted by Crippen LogP contribution is 2.24. The monoisotopic (exact) mass is 399 g/mol. The van der Waals surface area contributed by atoms with Crippen LogP contribution < -0.4 is 5.73 Å². The van der Waals surface area contributed by atoms with Gasteiger partial charge in [0.15, 0.2) is 0 Å². The van der Waals surface area contributed by atoms with E-state index in [0.29, 0.717) is 25.8 Å². The van der Waals surface area contributed by atoms with Crippen LogP contribution in [0, 0.1) is 0 Å². The molecule has 9 nitrogen and oxygen atoms in total. The second kappa shape index (κ2) is 10.4. The first-order valence-electron chi connectivity index (χ1n) is 9.79. The molecule has 1 rings (SSSR count). The zero-order valence-corrected chi connectivity index (χ0v) is 17.5. The van der Waals surface area contributed by atoms with Gasteiger partial charge in [0, 0.05) is 6.54 Å². The molecule has 1 aliphatic heterocycles. The molecule has 0 saturated carbocycles. The van der Waals surface area contributed by atoms with Gasteiger partial charge in [-0.05, 0) is 47.0 Å². The largest absolute Gasteiger partial charge is 0.464 e. The lowest BCUT2D eigenvalue weighted by molar-refractivity contribution is -0.156. The van der Waals surface area contributed by atoms with Crippen molar-refractivity contribution in [1.82, 2.24) is 9.80 Å². The van der Waals surface area contributed by atoms with Gasteiger partial charge in [0.05, 0.1) is 13.2 Å². The smallest absolute Gasteiger partial charge is 0.417 e. The van der Waals surface area contributed by atoms with Crippen molar-refractivity contribution in [2.45, 2.75) is 78.0 Å². The summed E-state index contributed by atoms with van der Waals surface area (Å²) in [5.74, 6) is -1.68. The molecule has 0 aromatic heterocycles. The van der Waals surface area contributed by atoms with E-state index in [2.05, 4.69) is 0 Å². The van der Waals surface area contributed by atoms with Crippen molar-refractivity contribution in [1.29, 1.82) is 0 Å². The summed E-state index contributed by atoms with van der Waals surface area (Å²) in [5.41, 5.74) is 4.59. The Hall–Kier alpha value is -2.16. The Morgan fingerprint density at radius 3 is 2.36 bits per heavy atom. The number of hydrogen-bond donors (Lipinski definition) is 1. The fourth-order valence-corrected chi connectivity index (χ4v) is 3.15. The molecule has 0 bridgehead atoms. The molecular formula is C19H33N3O6. The van der Waals surface area contributed by atoms with Crippen molar-refractivity contribution < 1.29 is 28.7 Å². The van der Waals surface area contributed by atoms with Gasteiger partial charge in [0.25, 0.3) is 5.91 Å². The summed E-state index contributed by atoms with van der Waals surface area (Å²) in [6.45, 7) is 8.78. The lowest BCUT2D eigenvalue weighted by Gasteiger charge is -2.34. The van der Waals surface area contributed by atoms with Crippen LogP contribution in [0.5, 0.6) is 0 Å². The average Bonchev–Trinajstić information content (AvgIpc) is 3.08. The summed E-state index contributed by atoms with van der Waals surface area (Å²) in [6, 6.07) is -1.96. The Bertz CT molecular complexity index is 587. The van der Waals surface area contributed by atoms with Gasteiger partial charge >= 0.3 is 12.1 Å². The molecule has 2 atom stereocenters. The number of nitrogens with zero attached hydrogens (tertiary/aromatic N) is 2. The van der Waals surface area contributed by atoms with Crippen molar-refractivity contribution in [3.8, 4) is 0 Å². The van der Waals surface area contributed by atoms with Gasteiger partial charge in [-0.2, -0.15) is 0 Å². The van der Waals surface area contributed by atoms with Crippen LogP contribution >= 0.6 is 0 Å². The summed E-state index contributed by atoms with van der Waals surface area (Å²) in [6.07, 6.45) is 0.873. The maximum absolute atomic E-state index is 13.3. The third kappa shape index (κ3) is 6.19. The van der Waals surface area contributed by atoms with E-state index in [1.54, 1.807) is 27.7 Å². The molecule has 0 spiro atoms. The number of carbonyl (C=O) groups is 4. The summed E-state index contributed by atoms with van der Waals surface area (Å²) >= 11 is 0. The average molecular weight is 399 g/mol. The first kappa shape index (κ1) is 23.9. The maximum Gasteiger partial charge on any atom is 0.417 e. The second-order valence-electron chi connectivity index (χ2n) is 7.69. The van der Waals surface area contributed by atoms with Crippen LogP contribution in [0.3, 0.4) is 0 Å². The molecule has 1 aliphatic rings. The number of hydrogen-bond acceptors (Lipinski definition) is 7. The third-order valence-electron chi connectivity index (χ3n) is 4.29. The normalized spacial score (nSPS) is 17.8.